The van der Waals surface area contributed by atoms with Gasteiger partial charge in [-0.2, -0.15) is 0 Å². The molecule has 1 atom stereocenters. The van der Waals surface area contributed by atoms with Crippen molar-refractivity contribution in [2.75, 3.05) is 13.1 Å². The Balaban J connectivity index is 1.63. The molecule has 0 radical (unpaired) electrons. The van der Waals surface area contributed by atoms with E-state index in [9.17, 15) is 4.79 Å². The molecule has 1 aliphatic heterocycles. The van der Waals surface area contributed by atoms with Crippen LogP contribution in [0.15, 0.2) is 17.5 Å². The predicted molar refractivity (Wildman–Crippen MR) is 89.4 cm³/mol. The number of hydrogen-bond acceptors (Lipinski definition) is 3. The maximum Gasteiger partial charge on any atom is 0.222 e. The number of thiophene rings is 1. The second kappa shape index (κ2) is 7.41. The molecule has 1 amide bonds. The first-order valence-corrected chi connectivity index (χ1v) is 8.93. The molecule has 4 heteroatoms. The number of unbranched alkanes of at least 4 members (excludes halogenated alkanes) is 2. The second-order valence-corrected chi connectivity index (χ2v) is 7.87. The van der Waals surface area contributed by atoms with Crippen LogP contribution in [-0.2, 0) is 11.2 Å². The van der Waals surface area contributed by atoms with Gasteiger partial charge in [-0.1, -0.05) is 26.3 Å². The molecular weight excluding hydrogens is 280 g/mol. The first kappa shape index (κ1) is 16.5. The molecule has 1 fully saturated rings. The van der Waals surface area contributed by atoms with Crippen LogP contribution in [0.2, 0.25) is 0 Å². The van der Waals surface area contributed by atoms with Crippen LogP contribution in [0.3, 0.4) is 0 Å². The lowest BCUT2D eigenvalue weighted by atomic mass is 9.79. The molecule has 0 bridgehead atoms. The Morgan fingerprint density at radius 2 is 2.24 bits per heavy atom. The van der Waals surface area contributed by atoms with Crippen molar-refractivity contribution in [3.63, 3.8) is 0 Å². The molecule has 1 aromatic heterocycles. The van der Waals surface area contributed by atoms with Crippen LogP contribution in [0.5, 0.6) is 0 Å². The van der Waals surface area contributed by atoms with Crippen LogP contribution in [0.4, 0.5) is 0 Å². The third-order valence-corrected chi connectivity index (χ3v) is 5.49. The van der Waals surface area contributed by atoms with Crippen molar-refractivity contribution in [2.45, 2.75) is 58.4 Å². The van der Waals surface area contributed by atoms with Crippen LogP contribution < -0.4 is 5.73 Å². The summed E-state index contributed by atoms with van der Waals surface area (Å²) in [5, 5.41) is 2.13. The summed E-state index contributed by atoms with van der Waals surface area (Å²) in [6.45, 7) is 5.97. The quantitative estimate of drug-likeness (QED) is 0.818. The summed E-state index contributed by atoms with van der Waals surface area (Å²) >= 11 is 1.82. The van der Waals surface area contributed by atoms with Gasteiger partial charge in [0.2, 0.25) is 5.91 Å². The fraction of sp³-hybridized carbons (Fsp3) is 0.706. The SMILES string of the molecule is CC1(C)CN(C(=O)CCCCCc2cccs2)CCC1N. The summed E-state index contributed by atoms with van der Waals surface area (Å²) in [5.41, 5.74) is 6.17. The summed E-state index contributed by atoms with van der Waals surface area (Å²) in [7, 11) is 0. The molecule has 0 aliphatic carbocycles. The summed E-state index contributed by atoms with van der Waals surface area (Å²) < 4.78 is 0. The topological polar surface area (TPSA) is 46.3 Å². The molecule has 2 rings (SSSR count). The molecule has 0 saturated carbocycles. The van der Waals surface area contributed by atoms with Crippen LogP contribution in [0.25, 0.3) is 0 Å². The average Bonchev–Trinajstić information content (AvgIpc) is 2.94. The van der Waals surface area contributed by atoms with E-state index in [1.807, 2.05) is 16.2 Å². The summed E-state index contributed by atoms with van der Waals surface area (Å²) in [4.78, 5) is 15.7. The Labute approximate surface area is 132 Å². The number of nitrogens with zero attached hydrogens (tertiary/aromatic N) is 1. The van der Waals surface area contributed by atoms with Crippen molar-refractivity contribution in [3.8, 4) is 0 Å². The number of nitrogens with two attached hydrogens (primary N) is 1. The molecule has 118 valence electrons. The van der Waals surface area contributed by atoms with Gasteiger partial charge in [0.05, 0.1) is 0 Å². The van der Waals surface area contributed by atoms with Gasteiger partial charge in [-0.05, 0) is 42.5 Å². The van der Waals surface area contributed by atoms with Gasteiger partial charge >= 0.3 is 0 Å². The minimum Gasteiger partial charge on any atom is -0.342 e. The minimum atomic E-state index is 0.0487. The first-order valence-electron chi connectivity index (χ1n) is 8.05. The van der Waals surface area contributed by atoms with E-state index in [4.69, 9.17) is 5.73 Å². The molecule has 1 saturated heterocycles. The van der Waals surface area contributed by atoms with Crippen molar-refractivity contribution in [2.24, 2.45) is 11.1 Å². The van der Waals surface area contributed by atoms with Gasteiger partial charge < -0.3 is 10.6 Å². The second-order valence-electron chi connectivity index (χ2n) is 6.84. The van der Waals surface area contributed by atoms with E-state index in [0.717, 1.165) is 38.8 Å². The Bertz CT molecular complexity index is 442. The number of rotatable bonds is 6. The molecular formula is C17H28N2OS. The molecule has 2 heterocycles. The number of carbonyl (C=O) groups excluding carboxylic acids is 1. The third-order valence-electron chi connectivity index (χ3n) is 4.56. The Kier molecular flexibility index (Phi) is 5.82. The van der Waals surface area contributed by atoms with Crippen molar-refractivity contribution in [1.82, 2.24) is 4.90 Å². The normalized spacial score (nSPS) is 21.5. The largest absolute Gasteiger partial charge is 0.342 e. The molecule has 1 aliphatic rings. The van der Waals surface area contributed by atoms with Gasteiger partial charge in [0.25, 0.3) is 0 Å². The van der Waals surface area contributed by atoms with Gasteiger partial charge in [-0.15, -0.1) is 11.3 Å². The van der Waals surface area contributed by atoms with Gasteiger partial charge in [0.15, 0.2) is 0 Å². The molecule has 3 nitrogen and oxygen atoms in total. The fourth-order valence-corrected chi connectivity index (χ4v) is 3.70. The third kappa shape index (κ3) is 4.82. The molecule has 1 unspecified atom stereocenters. The number of hydrogen-bond donors (Lipinski definition) is 1. The van der Waals surface area contributed by atoms with Gasteiger partial charge in [0, 0.05) is 30.4 Å². The van der Waals surface area contributed by atoms with E-state index in [-0.39, 0.29) is 11.5 Å². The van der Waals surface area contributed by atoms with E-state index in [2.05, 4.69) is 31.4 Å². The highest BCUT2D eigenvalue weighted by Gasteiger charge is 2.34. The van der Waals surface area contributed by atoms with Crippen LogP contribution in [0, 0.1) is 5.41 Å². The Hall–Kier alpha value is -0.870. The standard InChI is InChI=1S/C17H28N2OS/c1-17(2)13-19(11-10-15(17)18)16(20)9-5-3-4-7-14-8-6-12-21-14/h6,8,12,15H,3-5,7,9-11,13,18H2,1-2H3. The van der Waals surface area contributed by atoms with Gasteiger partial charge in [-0.3, -0.25) is 4.79 Å². The van der Waals surface area contributed by atoms with Crippen molar-refractivity contribution < 1.29 is 4.79 Å². The monoisotopic (exact) mass is 308 g/mol. The maximum atomic E-state index is 12.3. The van der Waals surface area contributed by atoms with Crippen molar-refractivity contribution in [1.29, 1.82) is 0 Å². The van der Waals surface area contributed by atoms with Crippen LogP contribution in [0.1, 0.15) is 50.8 Å². The zero-order chi connectivity index (χ0) is 15.3. The van der Waals surface area contributed by atoms with E-state index >= 15 is 0 Å². The number of aryl methyl sites for hydroxylation is 1. The molecule has 0 spiro atoms. The highest BCUT2D eigenvalue weighted by Crippen LogP contribution is 2.28. The van der Waals surface area contributed by atoms with E-state index < -0.39 is 0 Å². The van der Waals surface area contributed by atoms with Gasteiger partial charge in [0.1, 0.15) is 0 Å². The zero-order valence-electron chi connectivity index (χ0n) is 13.3. The lowest BCUT2D eigenvalue weighted by Gasteiger charge is -2.42. The highest BCUT2D eigenvalue weighted by molar-refractivity contribution is 7.09. The summed E-state index contributed by atoms with van der Waals surface area (Å²) in [5.74, 6) is 0.311. The van der Waals surface area contributed by atoms with E-state index in [1.54, 1.807) is 0 Å². The van der Waals surface area contributed by atoms with Gasteiger partial charge in [-0.25, -0.2) is 0 Å². The van der Waals surface area contributed by atoms with Crippen molar-refractivity contribution in [3.05, 3.63) is 22.4 Å². The number of carbonyl (C=O) groups is 1. The smallest absolute Gasteiger partial charge is 0.222 e. The molecule has 2 N–H and O–H groups in total. The van der Waals surface area contributed by atoms with Crippen LogP contribution >= 0.6 is 11.3 Å². The molecule has 21 heavy (non-hydrogen) atoms. The average molecular weight is 308 g/mol. The van der Waals surface area contributed by atoms with Crippen molar-refractivity contribution >= 4 is 17.2 Å². The Morgan fingerprint density at radius 1 is 1.43 bits per heavy atom. The van der Waals surface area contributed by atoms with E-state index in [0.29, 0.717) is 12.3 Å². The number of likely N-dealkylation sites (tertiary alicyclic amines) is 1. The molecule has 1 aromatic rings. The minimum absolute atomic E-state index is 0.0487. The highest BCUT2D eigenvalue weighted by atomic mass is 32.1. The van der Waals surface area contributed by atoms with E-state index in [1.165, 1.54) is 11.3 Å². The Morgan fingerprint density at radius 3 is 2.90 bits per heavy atom. The number of piperidine rings is 1. The lowest BCUT2D eigenvalue weighted by Crippen LogP contribution is -2.53. The first-order chi connectivity index (χ1) is 9.99. The summed E-state index contributed by atoms with van der Waals surface area (Å²) in [6.07, 6.45) is 6.10. The summed E-state index contributed by atoms with van der Waals surface area (Å²) in [6, 6.07) is 4.51. The van der Waals surface area contributed by atoms with Crippen LogP contribution in [-0.4, -0.2) is 29.9 Å². The lowest BCUT2D eigenvalue weighted by molar-refractivity contribution is -0.134. The predicted octanol–water partition coefficient (Wildman–Crippen LogP) is 3.44. The maximum absolute atomic E-state index is 12.3. The fourth-order valence-electron chi connectivity index (χ4n) is 2.95. The number of amides is 1. The molecule has 0 aromatic carbocycles. The zero-order valence-corrected chi connectivity index (χ0v) is 14.1.